The molecule has 0 bridgehead atoms. The molecule has 0 fully saturated rings. The predicted octanol–water partition coefficient (Wildman–Crippen LogP) is 5.10. The molecule has 0 amide bonds. The first-order valence-corrected chi connectivity index (χ1v) is 10.2. The van der Waals surface area contributed by atoms with Crippen molar-refractivity contribution in [2.75, 3.05) is 18.5 Å². The number of anilines is 2. The second kappa shape index (κ2) is 8.52. The number of nitrogens with one attached hydrogen (secondary N) is 2. The number of aliphatic hydroxyl groups excluding tert-OH is 1. The Labute approximate surface area is 168 Å². The number of pyridine rings is 1. The average Bonchev–Trinajstić information content (AvgIpc) is 3.12. The van der Waals surface area contributed by atoms with Crippen molar-refractivity contribution in [3.05, 3.63) is 77.3 Å². The van der Waals surface area contributed by atoms with Crippen molar-refractivity contribution in [1.29, 1.82) is 0 Å². The SMILES string of the molecule is Cc1c(Nc2csc3ccc(CNCCO)nc23)cccc1-c1ccccc1. The molecule has 2 aromatic heterocycles. The quantitative estimate of drug-likeness (QED) is 0.385. The smallest absolute Gasteiger partial charge is 0.105 e. The van der Waals surface area contributed by atoms with Gasteiger partial charge in [0.05, 0.1) is 22.7 Å². The van der Waals surface area contributed by atoms with Gasteiger partial charge in [-0.05, 0) is 41.8 Å². The molecule has 0 atom stereocenters. The molecule has 0 spiro atoms. The number of rotatable bonds is 7. The Bertz CT molecular complexity index is 1080. The second-order valence-corrected chi connectivity index (χ2v) is 7.58. The molecule has 3 N–H and O–H groups in total. The highest BCUT2D eigenvalue weighted by Crippen LogP contribution is 2.34. The van der Waals surface area contributed by atoms with Gasteiger partial charge >= 0.3 is 0 Å². The van der Waals surface area contributed by atoms with E-state index in [0.717, 1.165) is 27.3 Å². The molecule has 2 aromatic carbocycles. The minimum Gasteiger partial charge on any atom is -0.395 e. The Morgan fingerprint density at radius 3 is 2.64 bits per heavy atom. The van der Waals surface area contributed by atoms with E-state index < -0.39 is 0 Å². The van der Waals surface area contributed by atoms with Crippen molar-refractivity contribution in [2.45, 2.75) is 13.5 Å². The van der Waals surface area contributed by atoms with E-state index in [1.807, 2.05) is 12.1 Å². The van der Waals surface area contributed by atoms with Gasteiger partial charge in [0.1, 0.15) is 5.52 Å². The van der Waals surface area contributed by atoms with Gasteiger partial charge in [-0.3, -0.25) is 0 Å². The van der Waals surface area contributed by atoms with Crippen molar-refractivity contribution in [3.8, 4) is 11.1 Å². The van der Waals surface area contributed by atoms with Crippen LogP contribution >= 0.6 is 11.3 Å². The van der Waals surface area contributed by atoms with E-state index >= 15 is 0 Å². The van der Waals surface area contributed by atoms with E-state index in [1.165, 1.54) is 16.7 Å². The van der Waals surface area contributed by atoms with Crippen LogP contribution in [0.3, 0.4) is 0 Å². The fraction of sp³-hybridized carbons (Fsp3) is 0.174. The molecule has 0 unspecified atom stereocenters. The summed E-state index contributed by atoms with van der Waals surface area (Å²) in [6.07, 6.45) is 0. The van der Waals surface area contributed by atoms with Crippen molar-refractivity contribution >= 4 is 32.9 Å². The van der Waals surface area contributed by atoms with Crippen molar-refractivity contribution < 1.29 is 5.11 Å². The molecule has 2 heterocycles. The van der Waals surface area contributed by atoms with E-state index in [0.29, 0.717) is 13.1 Å². The van der Waals surface area contributed by atoms with Crippen LogP contribution in [0.15, 0.2) is 66.0 Å². The molecular weight excluding hydrogens is 366 g/mol. The first-order valence-electron chi connectivity index (χ1n) is 9.37. The number of nitrogens with zero attached hydrogens (tertiary/aromatic N) is 1. The summed E-state index contributed by atoms with van der Waals surface area (Å²) < 4.78 is 1.16. The molecule has 0 radical (unpaired) electrons. The van der Waals surface area contributed by atoms with Crippen molar-refractivity contribution in [2.24, 2.45) is 0 Å². The molecule has 0 saturated carbocycles. The normalized spacial score (nSPS) is 11.1. The summed E-state index contributed by atoms with van der Waals surface area (Å²) in [5, 5.41) is 17.8. The second-order valence-electron chi connectivity index (χ2n) is 6.67. The number of aliphatic hydroxyl groups is 1. The minimum atomic E-state index is 0.129. The lowest BCUT2D eigenvalue weighted by atomic mass is 9.99. The number of hydrogen-bond donors (Lipinski definition) is 3. The molecule has 0 aliphatic heterocycles. The molecule has 4 nitrogen and oxygen atoms in total. The van der Waals surface area contributed by atoms with Crippen LogP contribution < -0.4 is 10.6 Å². The number of benzene rings is 2. The Morgan fingerprint density at radius 1 is 0.964 bits per heavy atom. The van der Waals surface area contributed by atoms with Crippen LogP contribution in [-0.2, 0) is 6.54 Å². The van der Waals surface area contributed by atoms with Gasteiger partial charge in [-0.1, -0.05) is 42.5 Å². The van der Waals surface area contributed by atoms with Crippen LogP contribution in [0.4, 0.5) is 11.4 Å². The highest BCUT2D eigenvalue weighted by molar-refractivity contribution is 7.17. The predicted molar refractivity (Wildman–Crippen MR) is 118 cm³/mol. The van der Waals surface area contributed by atoms with E-state index in [9.17, 15) is 0 Å². The van der Waals surface area contributed by atoms with Gasteiger partial charge in [0.15, 0.2) is 0 Å². The molecule has 4 aromatic rings. The van der Waals surface area contributed by atoms with Gasteiger partial charge in [0.25, 0.3) is 0 Å². The molecular formula is C23H23N3OS. The van der Waals surface area contributed by atoms with Crippen LogP contribution in [0.2, 0.25) is 0 Å². The Morgan fingerprint density at radius 2 is 1.82 bits per heavy atom. The molecule has 5 heteroatoms. The first-order chi connectivity index (χ1) is 13.8. The van der Waals surface area contributed by atoms with E-state index in [1.54, 1.807) is 11.3 Å². The van der Waals surface area contributed by atoms with Gasteiger partial charge < -0.3 is 15.7 Å². The topological polar surface area (TPSA) is 57.2 Å². The Kier molecular flexibility index (Phi) is 5.67. The molecule has 4 rings (SSSR count). The van der Waals surface area contributed by atoms with E-state index in [-0.39, 0.29) is 6.61 Å². The van der Waals surface area contributed by atoms with E-state index in [2.05, 4.69) is 71.5 Å². The maximum atomic E-state index is 8.93. The van der Waals surface area contributed by atoms with E-state index in [4.69, 9.17) is 10.1 Å². The highest BCUT2D eigenvalue weighted by Gasteiger charge is 2.10. The van der Waals surface area contributed by atoms with Gasteiger partial charge in [0.2, 0.25) is 0 Å². The molecule has 0 aliphatic rings. The monoisotopic (exact) mass is 389 g/mol. The molecule has 142 valence electrons. The summed E-state index contributed by atoms with van der Waals surface area (Å²) >= 11 is 1.69. The minimum absolute atomic E-state index is 0.129. The van der Waals surface area contributed by atoms with Crippen LogP contribution in [0.5, 0.6) is 0 Å². The number of fused-ring (bicyclic) bond motifs is 1. The zero-order valence-electron chi connectivity index (χ0n) is 15.8. The third kappa shape index (κ3) is 3.92. The largest absolute Gasteiger partial charge is 0.395 e. The van der Waals surface area contributed by atoms with Gasteiger partial charge in [-0.15, -0.1) is 11.3 Å². The Balaban J connectivity index is 1.64. The van der Waals surface area contributed by atoms with Gasteiger partial charge in [0, 0.05) is 24.2 Å². The third-order valence-corrected chi connectivity index (χ3v) is 5.69. The number of aromatic nitrogens is 1. The standard InChI is InChI=1S/C23H23N3OS/c1-16-19(17-6-3-2-4-7-17)8-5-9-20(16)26-21-15-28-22-11-10-18(25-23(21)22)14-24-12-13-27/h2-11,15,24,26-27H,12-14H2,1H3. The lowest BCUT2D eigenvalue weighted by Crippen LogP contribution is -2.18. The fourth-order valence-electron chi connectivity index (χ4n) is 3.28. The number of hydrogen-bond acceptors (Lipinski definition) is 5. The summed E-state index contributed by atoms with van der Waals surface area (Å²) in [4.78, 5) is 4.82. The third-order valence-electron chi connectivity index (χ3n) is 4.76. The fourth-order valence-corrected chi connectivity index (χ4v) is 4.11. The van der Waals surface area contributed by atoms with Gasteiger partial charge in [-0.25, -0.2) is 4.98 Å². The lowest BCUT2D eigenvalue weighted by Gasteiger charge is -2.13. The summed E-state index contributed by atoms with van der Waals surface area (Å²) in [5.41, 5.74) is 7.73. The van der Waals surface area contributed by atoms with Gasteiger partial charge in [-0.2, -0.15) is 0 Å². The van der Waals surface area contributed by atoms with Crippen LogP contribution in [0.25, 0.3) is 21.3 Å². The molecule has 28 heavy (non-hydrogen) atoms. The zero-order chi connectivity index (χ0) is 19.3. The number of thiophene rings is 1. The highest BCUT2D eigenvalue weighted by atomic mass is 32.1. The molecule has 0 saturated heterocycles. The Hall–Kier alpha value is -2.73. The maximum Gasteiger partial charge on any atom is 0.105 e. The van der Waals surface area contributed by atoms with Crippen LogP contribution in [-0.4, -0.2) is 23.2 Å². The van der Waals surface area contributed by atoms with Crippen molar-refractivity contribution in [1.82, 2.24) is 10.3 Å². The zero-order valence-corrected chi connectivity index (χ0v) is 16.6. The van der Waals surface area contributed by atoms with Crippen LogP contribution in [0, 0.1) is 6.92 Å². The summed E-state index contributed by atoms with van der Waals surface area (Å²) in [6, 6.07) is 21.0. The summed E-state index contributed by atoms with van der Waals surface area (Å²) in [5.74, 6) is 0. The average molecular weight is 390 g/mol. The van der Waals surface area contributed by atoms with Crippen LogP contribution in [0.1, 0.15) is 11.3 Å². The summed E-state index contributed by atoms with van der Waals surface area (Å²) in [6.45, 7) is 3.50. The lowest BCUT2D eigenvalue weighted by molar-refractivity contribution is 0.291. The summed E-state index contributed by atoms with van der Waals surface area (Å²) in [7, 11) is 0. The molecule has 0 aliphatic carbocycles. The maximum absolute atomic E-state index is 8.93. The van der Waals surface area contributed by atoms with Crippen molar-refractivity contribution in [3.63, 3.8) is 0 Å². The first kappa shape index (κ1) is 18.6.